The van der Waals surface area contributed by atoms with Crippen molar-refractivity contribution >= 4 is 41.7 Å². The Bertz CT molecular complexity index is 1020. The number of amides is 1. The standard InChI is InChI=1S/C26H25N2OPS/c1-26(2,3)25(29)28-24(31)23(19-27)30(20-13-7-4-8-14-20,21-15-9-5-10-16-21)22-17-11-6-12-18-22/h4-18H,1-3H3,(H-,28,29,31)/p+1/b24-23-. The molecule has 0 unspecified atom stereocenters. The van der Waals surface area contributed by atoms with Crippen LogP contribution in [-0.4, -0.2) is 5.91 Å². The van der Waals surface area contributed by atoms with Crippen molar-refractivity contribution in [1.29, 1.82) is 5.26 Å². The number of thiol groups is 1. The van der Waals surface area contributed by atoms with Crippen molar-refractivity contribution < 1.29 is 4.79 Å². The van der Waals surface area contributed by atoms with Crippen LogP contribution in [0.5, 0.6) is 0 Å². The second-order valence-corrected chi connectivity index (χ2v) is 12.0. The molecule has 0 bridgehead atoms. The first-order valence-corrected chi connectivity index (χ1v) is 12.3. The van der Waals surface area contributed by atoms with Crippen molar-refractivity contribution in [2.24, 2.45) is 5.41 Å². The van der Waals surface area contributed by atoms with Gasteiger partial charge in [0.1, 0.15) is 27.0 Å². The first-order chi connectivity index (χ1) is 14.8. The van der Waals surface area contributed by atoms with E-state index in [1.165, 1.54) is 0 Å². The van der Waals surface area contributed by atoms with Gasteiger partial charge in [0, 0.05) is 5.41 Å². The van der Waals surface area contributed by atoms with E-state index in [0.29, 0.717) is 10.3 Å². The number of allylic oxidation sites excluding steroid dienone is 1. The molecule has 3 aromatic rings. The number of rotatable bonds is 5. The lowest BCUT2D eigenvalue weighted by Crippen LogP contribution is -2.36. The van der Waals surface area contributed by atoms with Gasteiger partial charge in [-0.05, 0) is 36.4 Å². The van der Waals surface area contributed by atoms with Crippen molar-refractivity contribution in [3.63, 3.8) is 0 Å². The van der Waals surface area contributed by atoms with Crippen LogP contribution in [0.2, 0.25) is 0 Å². The smallest absolute Gasteiger partial charge is 0.230 e. The molecule has 3 rings (SSSR count). The summed E-state index contributed by atoms with van der Waals surface area (Å²) < 4.78 is 0. The molecule has 0 saturated heterocycles. The summed E-state index contributed by atoms with van der Waals surface area (Å²) in [6, 6.07) is 32.5. The van der Waals surface area contributed by atoms with Gasteiger partial charge >= 0.3 is 0 Å². The maximum absolute atomic E-state index is 12.7. The molecular formula is C26H26N2OPS+. The maximum Gasteiger partial charge on any atom is 0.230 e. The van der Waals surface area contributed by atoms with E-state index in [-0.39, 0.29) is 5.91 Å². The second kappa shape index (κ2) is 9.52. The molecule has 0 aliphatic rings. The van der Waals surface area contributed by atoms with Crippen LogP contribution in [0.25, 0.3) is 0 Å². The summed E-state index contributed by atoms with van der Waals surface area (Å²) in [6.07, 6.45) is 0. The maximum atomic E-state index is 12.7. The fourth-order valence-corrected chi connectivity index (χ4v) is 8.08. The van der Waals surface area contributed by atoms with Crippen molar-refractivity contribution in [2.45, 2.75) is 20.8 Å². The van der Waals surface area contributed by atoms with E-state index in [0.717, 1.165) is 15.9 Å². The predicted octanol–water partition coefficient (Wildman–Crippen LogP) is 4.77. The molecular weight excluding hydrogens is 419 g/mol. The summed E-state index contributed by atoms with van der Waals surface area (Å²) in [5.74, 6) is -0.183. The van der Waals surface area contributed by atoms with E-state index < -0.39 is 12.7 Å². The molecule has 0 aliphatic carbocycles. The molecule has 156 valence electrons. The van der Waals surface area contributed by atoms with Gasteiger partial charge in [0.2, 0.25) is 11.2 Å². The number of carbonyl (C=O) groups is 1. The van der Waals surface area contributed by atoms with Crippen molar-refractivity contribution in [2.75, 3.05) is 0 Å². The second-order valence-electron chi connectivity index (χ2n) is 8.19. The number of carbonyl (C=O) groups excluding carboxylic acids is 1. The Morgan fingerprint density at radius 2 is 1.16 bits per heavy atom. The molecule has 3 nitrogen and oxygen atoms in total. The molecule has 0 saturated carbocycles. The van der Waals surface area contributed by atoms with Gasteiger partial charge in [0.05, 0.1) is 0 Å². The third-order valence-electron chi connectivity index (χ3n) is 5.01. The molecule has 0 heterocycles. The number of nitrogens with zero attached hydrogens (tertiary/aromatic N) is 1. The van der Waals surface area contributed by atoms with Crippen LogP contribution in [0, 0.1) is 16.7 Å². The van der Waals surface area contributed by atoms with Gasteiger partial charge in [0.25, 0.3) is 0 Å². The fraction of sp³-hybridized carbons (Fsp3) is 0.154. The van der Waals surface area contributed by atoms with Gasteiger partial charge in [0.15, 0.2) is 7.26 Å². The Hall–Kier alpha value is -2.86. The largest absolute Gasteiger partial charge is 0.317 e. The summed E-state index contributed by atoms with van der Waals surface area (Å²) in [5, 5.41) is 17.2. The Kier molecular flexibility index (Phi) is 7.01. The zero-order valence-corrected chi connectivity index (χ0v) is 19.7. The molecule has 1 amide bonds. The van der Waals surface area contributed by atoms with Crippen LogP contribution in [0.4, 0.5) is 0 Å². The number of hydrogen-bond donors (Lipinski definition) is 2. The van der Waals surface area contributed by atoms with Crippen molar-refractivity contribution in [3.05, 3.63) is 101 Å². The molecule has 0 aromatic heterocycles. The molecule has 31 heavy (non-hydrogen) atoms. The van der Waals surface area contributed by atoms with E-state index in [2.05, 4.69) is 60.4 Å². The lowest BCUT2D eigenvalue weighted by atomic mass is 9.96. The highest BCUT2D eigenvalue weighted by molar-refractivity contribution is 8.00. The first-order valence-electron chi connectivity index (χ1n) is 10.0. The van der Waals surface area contributed by atoms with Crippen LogP contribution < -0.4 is 21.2 Å². The molecule has 1 N–H and O–H groups in total. The average molecular weight is 446 g/mol. The van der Waals surface area contributed by atoms with Crippen LogP contribution >= 0.6 is 19.9 Å². The summed E-state index contributed by atoms with van der Waals surface area (Å²) in [4.78, 5) is 12.7. The Labute approximate surface area is 190 Å². The van der Waals surface area contributed by atoms with E-state index in [1.807, 2.05) is 75.4 Å². The van der Waals surface area contributed by atoms with Crippen LogP contribution in [0.1, 0.15) is 20.8 Å². The van der Waals surface area contributed by atoms with Gasteiger partial charge < -0.3 is 5.32 Å². The molecule has 0 aliphatic heterocycles. The van der Waals surface area contributed by atoms with Gasteiger partial charge in [-0.1, -0.05) is 75.4 Å². The third kappa shape index (κ3) is 4.59. The van der Waals surface area contributed by atoms with Gasteiger partial charge in [-0.3, -0.25) is 4.79 Å². The fourth-order valence-electron chi connectivity index (χ4n) is 3.43. The molecule has 5 heteroatoms. The highest BCUT2D eigenvalue weighted by atomic mass is 32.1. The minimum Gasteiger partial charge on any atom is -0.317 e. The summed E-state index contributed by atoms with van der Waals surface area (Å²) >= 11 is 4.67. The zero-order chi connectivity index (χ0) is 22.5. The molecule has 0 radical (unpaired) electrons. The molecule has 0 atom stereocenters. The lowest BCUT2D eigenvalue weighted by Gasteiger charge is -2.28. The normalized spacial score (nSPS) is 12.5. The quantitative estimate of drug-likeness (QED) is 0.338. The molecule has 0 spiro atoms. The van der Waals surface area contributed by atoms with E-state index in [1.54, 1.807) is 0 Å². The highest BCUT2D eigenvalue weighted by Crippen LogP contribution is 2.63. The van der Waals surface area contributed by atoms with Crippen molar-refractivity contribution in [1.82, 2.24) is 5.32 Å². The predicted molar refractivity (Wildman–Crippen MR) is 134 cm³/mol. The number of hydrogen-bond acceptors (Lipinski definition) is 3. The topological polar surface area (TPSA) is 52.9 Å². The van der Waals surface area contributed by atoms with Crippen LogP contribution in [0.3, 0.4) is 0 Å². The Morgan fingerprint density at radius 1 is 0.806 bits per heavy atom. The van der Waals surface area contributed by atoms with E-state index >= 15 is 0 Å². The SMILES string of the molecule is CC(C)(C)C(=O)N/C(S)=C(\C#N)[P+](c1ccccc1)(c1ccccc1)c1ccccc1. The minimum atomic E-state index is -2.60. The highest BCUT2D eigenvalue weighted by Gasteiger charge is 2.51. The van der Waals surface area contributed by atoms with E-state index in [9.17, 15) is 10.1 Å². The zero-order valence-electron chi connectivity index (χ0n) is 17.9. The van der Waals surface area contributed by atoms with Crippen molar-refractivity contribution in [3.8, 4) is 6.07 Å². The molecule has 0 fully saturated rings. The Balaban J connectivity index is 2.41. The molecule has 3 aromatic carbocycles. The number of benzene rings is 3. The summed E-state index contributed by atoms with van der Waals surface area (Å²) in [6.45, 7) is 5.51. The lowest BCUT2D eigenvalue weighted by molar-refractivity contribution is -0.127. The number of nitriles is 1. The first kappa shape index (κ1) is 22.8. The minimum absolute atomic E-state index is 0.183. The Morgan fingerprint density at radius 3 is 1.45 bits per heavy atom. The third-order valence-corrected chi connectivity index (χ3v) is 9.73. The van der Waals surface area contributed by atoms with Gasteiger partial charge in [-0.2, -0.15) is 5.26 Å². The number of nitrogens with one attached hydrogen (secondary N) is 1. The van der Waals surface area contributed by atoms with Crippen LogP contribution in [-0.2, 0) is 4.79 Å². The van der Waals surface area contributed by atoms with Crippen LogP contribution in [0.15, 0.2) is 101 Å². The average Bonchev–Trinajstić information content (AvgIpc) is 2.78. The monoisotopic (exact) mass is 445 g/mol. The van der Waals surface area contributed by atoms with Gasteiger partial charge in [-0.15, -0.1) is 12.6 Å². The summed E-state index contributed by atoms with van der Waals surface area (Å²) in [7, 11) is -2.60. The summed E-state index contributed by atoms with van der Waals surface area (Å²) in [5.41, 5.74) is -0.609. The van der Waals surface area contributed by atoms with E-state index in [4.69, 9.17) is 0 Å². The van der Waals surface area contributed by atoms with Gasteiger partial charge in [-0.25, -0.2) is 0 Å².